The van der Waals surface area contributed by atoms with Gasteiger partial charge in [-0.25, -0.2) is 9.59 Å². The Morgan fingerprint density at radius 3 is 1.80 bits per heavy atom. The number of pyridine rings is 2. The molecule has 6 aromatic carbocycles. The molecule has 0 aliphatic carbocycles. The SMILES string of the molecule is CNC(=O)C(C)(C)Oc1ccccc1Oc1ccc(Nc2c(OC)c(N(C)C(=O)OCc3ccccc3)cc3ncc(C#N)cc23)cc1.COc1cc2c(Cl)c(C#N)cnc2cc1N(C)C(=O)OCc1ccccc1. The second-order valence-electron chi connectivity index (χ2n) is 16.9. The van der Waals surface area contributed by atoms with Crippen molar-refractivity contribution >= 4 is 74.2 Å². The lowest BCUT2D eigenvalue weighted by molar-refractivity contribution is -0.133. The van der Waals surface area contributed by atoms with Crippen LogP contribution in [0.2, 0.25) is 5.02 Å². The van der Waals surface area contributed by atoms with Crippen LogP contribution in [0.25, 0.3) is 21.8 Å². The quantitative estimate of drug-likeness (QED) is 0.0978. The van der Waals surface area contributed by atoms with Crippen LogP contribution in [0, 0.1) is 22.7 Å². The number of anilines is 4. The zero-order valence-electron chi connectivity index (χ0n) is 42.0. The number of nitrogens with one attached hydrogen (secondary N) is 2. The Morgan fingerprint density at radius 1 is 0.667 bits per heavy atom. The molecule has 17 nitrogen and oxygen atoms in total. The van der Waals surface area contributed by atoms with Gasteiger partial charge < -0.3 is 39.1 Å². The Hall–Kier alpha value is -9.58. The van der Waals surface area contributed by atoms with Crippen LogP contribution in [0.15, 0.2) is 146 Å². The molecule has 2 N–H and O–H groups in total. The zero-order chi connectivity index (χ0) is 53.6. The number of ether oxygens (including phenoxy) is 6. The Bertz CT molecular complexity index is 3440. The molecule has 0 unspecified atom stereocenters. The Kier molecular flexibility index (Phi) is 17.2. The molecule has 3 amide bonds. The molecule has 8 rings (SSSR count). The third-order valence-corrected chi connectivity index (χ3v) is 11.9. The van der Waals surface area contributed by atoms with E-state index in [0.717, 1.165) is 11.1 Å². The number of hydrogen-bond acceptors (Lipinski definition) is 14. The fourth-order valence-electron chi connectivity index (χ4n) is 7.50. The minimum atomic E-state index is -1.12. The lowest BCUT2D eigenvalue weighted by atomic mass is 10.1. The molecule has 380 valence electrons. The van der Waals surface area contributed by atoms with Gasteiger partial charge in [0, 0.05) is 50.0 Å². The number of halogens is 1. The van der Waals surface area contributed by atoms with Gasteiger partial charge in [-0.05, 0) is 85.6 Å². The number of carbonyl (C=O) groups is 3. The summed E-state index contributed by atoms with van der Waals surface area (Å²) < 4.78 is 34.3. The summed E-state index contributed by atoms with van der Waals surface area (Å²) in [5.74, 6) is 1.87. The molecule has 0 spiro atoms. The Labute approximate surface area is 438 Å². The molecule has 2 aromatic heterocycles. The summed E-state index contributed by atoms with van der Waals surface area (Å²) in [5, 5.41) is 26.2. The van der Waals surface area contributed by atoms with Gasteiger partial charge in [-0.2, -0.15) is 10.5 Å². The van der Waals surface area contributed by atoms with Crippen molar-refractivity contribution in [3.63, 3.8) is 0 Å². The van der Waals surface area contributed by atoms with E-state index in [1.165, 1.54) is 36.4 Å². The molecule has 0 aliphatic rings. The number of likely N-dealkylation sites (N-methyl/N-ethyl adjacent to an activating group) is 1. The minimum absolute atomic E-state index is 0.103. The second-order valence-corrected chi connectivity index (χ2v) is 17.3. The summed E-state index contributed by atoms with van der Waals surface area (Å²) in [6.07, 6.45) is 1.76. The number of hydrogen-bond donors (Lipinski definition) is 2. The third kappa shape index (κ3) is 12.7. The van der Waals surface area contributed by atoms with Gasteiger partial charge in [0.1, 0.15) is 36.9 Å². The first-order valence-electron chi connectivity index (χ1n) is 23.1. The van der Waals surface area contributed by atoms with Crippen molar-refractivity contribution in [1.82, 2.24) is 15.3 Å². The van der Waals surface area contributed by atoms with Crippen molar-refractivity contribution in [2.75, 3.05) is 50.5 Å². The van der Waals surface area contributed by atoms with Crippen LogP contribution in [0.3, 0.4) is 0 Å². The van der Waals surface area contributed by atoms with Crippen molar-refractivity contribution in [1.29, 1.82) is 10.5 Å². The van der Waals surface area contributed by atoms with Crippen molar-refractivity contribution in [3.05, 3.63) is 173 Å². The van der Waals surface area contributed by atoms with Crippen LogP contribution in [0.4, 0.5) is 32.3 Å². The highest BCUT2D eigenvalue weighted by Crippen LogP contribution is 2.44. The first-order chi connectivity index (χ1) is 36.2. The van der Waals surface area contributed by atoms with Crippen LogP contribution in [0.5, 0.6) is 28.7 Å². The average Bonchev–Trinajstić information content (AvgIpc) is 3.44. The van der Waals surface area contributed by atoms with Gasteiger partial charge in [0.2, 0.25) is 0 Å². The molecule has 0 atom stereocenters. The fraction of sp³-hybridized carbons (Fsp3) is 0.175. The van der Waals surface area contributed by atoms with Crippen molar-refractivity contribution < 1.29 is 42.8 Å². The summed E-state index contributed by atoms with van der Waals surface area (Å²) in [4.78, 5) is 49.3. The topological polar surface area (TPSA) is 210 Å². The lowest BCUT2D eigenvalue weighted by Gasteiger charge is -2.25. The number of para-hydroxylation sites is 2. The number of benzene rings is 6. The van der Waals surface area contributed by atoms with Gasteiger partial charge in [0.15, 0.2) is 22.8 Å². The molecular formula is C57H51ClN8O9. The maximum atomic E-state index is 13.1. The van der Waals surface area contributed by atoms with E-state index in [0.29, 0.717) is 83.9 Å². The number of nitrogens with zero attached hydrogens (tertiary/aromatic N) is 6. The van der Waals surface area contributed by atoms with Gasteiger partial charge in [-0.3, -0.25) is 24.6 Å². The monoisotopic (exact) mass is 1030 g/mol. The van der Waals surface area contributed by atoms with Gasteiger partial charge >= 0.3 is 12.2 Å². The molecule has 0 saturated carbocycles. The smallest absolute Gasteiger partial charge is 0.414 e. The molecule has 0 fully saturated rings. The van der Waals surface area contributed by atoms with Crippen LogP contribution >= 0.6 is 11.6 Å². The number of nitriles is 2. The van der Waals surface area contributed by atoms with E-state index in [2.05, 4.69) is 26.7 Å². The molecular weight excluding hydrogens is 976 g/mol. The summed E-state index contributed by atoms with van der Waals surface area (Å²) in [6, 6.07) is 43.9. The number of methoxy groups -OCH3 is 2. The summed E-state index contributed by atoms with van der Waals surface area (Å²) in [5.41, 5.74) is 4.40. The molecule has 8 aromatic rings. The first-order valence-corrected chi connectivity index (χ1v) is 23.5. The summed E-state index contributed by atoms with van der Waals surface area (Å²) in [7, 11) is 7.72. The highest BCUT2D eigenvalue weighted by atomic mass is 35.5. The van der Waals surface area contributed by atoms with E-state index < -0.39 is 17.8 Å². The number of fused-ring (bicyclic) bond motifs is 2. The van der Waals surface area contributed by atoms with E-state index in [-0.39, 0.29) is 24.7 Å². The van der Waals surface area contributed by atoms with Crippen molar-refractivity contribution in [3.8, 4) is 40.9 Å². The van der Waals surface area contributed by atoms with E-state index in [9.17, 15) is 19.6 Å². The highest BCUT2D eigenvalue weighted by Gasteiger charge is 2.30. The predicted molar refractivity (Wildman–Crippen MR) is 286 cm³/mol. The number of amides is 3. The normalized spacial score (nSPS) is 10.6. The molecule has 0 saturated heterocycles. The predicted octanol–water partition coefficient (Wildman–Crippen LogP) is 11.9. The maximum absolute atomic E-state index is 13.1. The van der Waals surface area contributed by atoms with Gasteiger partial charge in [0.05, 0.1) is 58.5 Å². The van der Waals surface area contributed by atoms with Crippen LogP contribution in [-0.2, 0) is 27.5 Å². The van der Waals surface area contributed by atoms with E-state index >= 15 is 0 Å². The maximum Gasteiger partial charge on any atom is 0.414 e. The van der Waals surface area contributed by atoms with Gasteiger partial charge in [0.25, 0.3) is 5.91 Å². The summed E-state index contributed by atoms with van der Waals surface area (Å²) in [6.45, 7) is 3.62. The van der Waals surface area contributed by atoms with Crippen LogP contribution < -0.4 is 39.4 Å². The van der Waals surface area contributed by atoms with E-state index in [1.54, 1.807) is 89.6 Å². The zero-order valence-corrected chi connectivity index (χ0v) is 42.8. The third-order valence-electron chi connectivity index (χ3n) is 11.5. The Balaban J connectivity index is 0.000000256. The van der Waals surface area contributed by atoms with E-state index in [1.807, 2.05) is 84.9 Å². The minimum Gasteiger partial charge on any atom is -0.495 e. The highest BCUT2D eigenvalue weighted by molar-refractivity contribution is 6.36. The van der Waals surface area contributed by atoms with Crippen LogP contribution in [-0.4, -0.2) is 69.0 Å². The fourth-order valence-corrected chi connectivity index (χ4v) is 7.75. The number of aromatic nitrogens is 2. The molecule has 0 radical (unpaired) electrons. The first kappa shape index (κ1) is 53.2. The molecule has 0 bridgehead atoms. The van der Waals surface area contributed by atoms with Crippen molar-refractivity contribution in [2.45, 2.75) is 32.7 Å². The van der Waals surface area contributed by atoms with Gasteiger partial charge in [-0.1, -0.05) is 84.4 Å². The average molecular weight is 1030 g/mol. The molecule has 0 aliphatic heterocycles. The van der Waals surface area contributed by atoms with Gasteiger partial charge in [-0.15, -0.1) is 0 Å². The molecule has 2 heterocycles. The number of rotatable bonds is 15. The number of carbonyl (C=O) groups excluding carboxylic acids is 3. The van der Waals surface area contributed by atoms with Crippen molar-refractivity contribution in [2.24, 2.45) is 0 Å². The largest absolute Gasteiger partial charge is 0.495 e. The standard InChI is InChI=1S/C37H35N5O6.C20H16ClN3O3/c1-37(2,35(43)39-3)48-32-14-10-9-13-31(32)47-27-17-15-26(16-18-27)41-33-28-19-25(21-38)22-40-29(28)20-30(34(33)45-5)42(4)36(44)46-23-24-11-7-6-8-12-24;1-24(20(25)27-12-13-6-4-3-5-7-13)17-9-16-15(8-18(17)26-2)19(21)14(10-22)11-23-16/h6-20,22,41H,23H2,1-5H3,(H,39,43);3-9,11H,12H2,1-2H3. The lowest BCUT2D eigenvalue weighted by Crippen LogP contribution is -2.45. The van der Waals surface area contributed by atoms with Crippen LogP contribution in [0.1, 0.15) is 36.1 Å². The van der Waals surface area contributed by atoms with E-state index in [4.69, 9.17) is 45.3 Å². The molecule has 18 heteroatoms. The summed E-state index contributed by atoms with van der Waals surface area (Å²) >= 11 is 6.26. The Morgan fingerprint density at radius 2 is 1.23 bits per heavy atom. The second kappa shape index (κ2) is 24.2. The molecule has 75 heavy (non-hydrogen) atoms.